The van der Waals surface area contributed by atoms with Crippen molar-refractivity contribution in [1.29, 1.82) is 0 Å². The van der Waals surface area contributed by atoms with E-state index in [1.54, 1.807) is 18.2 Å². The fourth-order valence-electron chi connectivity index (χ4n) is 3.06. The summed E-state index contributed by atoms with van der Waals surface area (Å²) in [6, 6.07) is 7.72. The molecule has 2 aliphatic heterocycles. The molecule has 1 aromatic carbocycles. The Kier molecular flexibility index (Phi) is 5.08. The smallest absolute Gasteiger partial charge is 0.264 e. The number of likely N-dealkylation sites (tertiary alicyclic amines) is 1. The summed E-state index contributed by atoms with van der Waals surface area (Å²) >= 11 is 6.21. The number of methoxy groups -OCH3 is 1. The van der Waals surface area contributed by atoms with Crippen molar-refractivity contribution in [2.75, 3.05) is 20.2 Å². The van der Waals surface area contributed by atoms with Gasteiger partial charge in [-0.25, -0.2) is 0 Å². The van der Waals surface area contributed by atoms with Gasteiger partial charge in [-0.3, -0.25) is 9.69 Å². The van der Waals surface area contributed by atoms with Gasteiger partial charge < -0.3 is 15.0 Å². The van der Waals surface area contributed by atoms with Crippen LogP contribution in [-0.4, -0.2) is 42.1 Å². The first-order valence-electron chi connectivity index (χ1n) is 7.99. The Labute approximate surface area is 141 Å². The van der Waals surface area contributed by atoms with Gasteiger partial charge in [-0.2, -0.15) is 0 Å². The van der Waals surface area contributed by atoms with Crippen molar-refractivity contribution >= 4 is 17.5 Å². The molecule has 3 rings (SSSR count). The molecule has 23 heavy (non-hydrogen) atoms. The van der Waals surface area contributed by atoms with Crippen LogP contribution >= 0.6 is 11.6 Å². The minimum Gasteiger partial charge on any atom is -0.497 e. The Bertz CT molecular complexity index is 582. The fraction of sp³-hybridized carbons (Fsp3) is 0.471. The molecule has 0 saturated carbocycles. The molecule has 6 heteroatoms. The highest BCUT2D eigenvalue weighted by Gasteiger charge is 2.33. The Morgan fingerprint density at radius 1 is 1.22 bits per heavy atom. The SMILES string of the molecule is COc1ccc(CN2C=C(Cl)NC(N3CCCCC3)C2=O)cc1. The van der Waals surface area contributed by atoms with Gasteiger partial charge in [0.25, 0.3) is 5.91 Å². The van der Waals surface area contributed by atoms with Crippen LogP contribution in [-0.2, 0) is 11.3 Å². The molecule has 1 fully saturated rings. The molecule has 2 heterocycles. The lowest BCUT2D eigenvalue weighted by Crippen LogP contribution is -2.58. The van der Waals surface area contributed by atoms with Crippen LogP contribution in [0.2, 0.25) is 0 Å². The minimum atomic E-state index is -0.356. The summed E-state index contributed by atoms with van der Waals surface area (Å²) in [4.78, 5) is 16.7. The Morgan fingerprint density at radius 2 is 1.91 bits per heavy atom. The maximum atomic E-state index is 12.8. The van der Waals surface area contributed by atoms with Crippen molar-refractivity contribution in [1.82, 2.24) is 15.1 Å². The first-order chi connectivity index (χ1) is 11.2. The van der Waals surface area contributed by atoms with Gasteiger partial charge >= 0.3 is 0 Å². The molecule has 0 aromatic heterocycles. The van der Waals surface area contributed by atoms with E-state index in [1.165, 1.54) is 6.42 Å². The number of hydrogen-bond donors (Lipinski definition) is 1. The normalized spacial score (nSPS) is 22.5. The van der Waals surface area contributed by atoms with E-state index in [4.69, 9.17) is 16.3 Å². The topological polar surface area (TPSA) is 44.8 Å². The molecule has 5 nitrogen and oxygen atoms in total. The number of nitrogens with one attached hydrogen (secondary N) is 1. The van der Waals surface area contributed by atoms with Gasteiger partial charge in [-0.15, -0.1) is 0 Å². The van der Waals surface area contributed by atoms with E-state index in [0.29, 0.717) is 11.7 Å². The minimum absolute atomic E-state index is 0.0483. The number of halogens is 1. The quantitative estimate of drug-likeness (QED) is 0.859. The summed E-state index contributed by atoms with van der Waals surface area (Å²) in [5.74, 6) is 0.854. The third-order valence-electron chi connectivity index (χ3n) is 4.33. The van der Waals surface area contributed by atoms with Crippen LogP contribution in [0.15, 0.2) is 35.6 Å². The summed E-state index contributed by atoms with van der Waals surface area (Å²) < 4.78 is 5.16. The zero-order chi connectivity index (χ0) is 16.2. The van der Waals surface area contributed by atoms with Crippen LogP contribution in [0.1, 0.15) is 24.8 Å². The van der Waals surface area contributed by atoms with E-state index in [2.05, 4.69) is 10.2 Å². The summed E-state index contributed by atoms with van der Waals surface area (Å²) in [5, 5.41) is 3.62. The van der Waals surface area contributed by atoms with E-state index < -0.39 is 0 Å². The van der Waals surface area contributed by atoms with Crippen molar-refractivity contribution in [3.8, 4) is 5.75 Å². The third-order valence-corrected chi connectivity index (χ3v) is 4.54. The van der Waals surface area contributed by atoms with Crippen molar-refractivity contribution in [3.63, 3.8) is 0 Å². The van der Waals surface area contributed by atoms with E-state index in [9.17, 15) is 4.79 Å². The molecule has 1 amide bonds. The highest BCUT2D eigenvalue weighted by molar-refractivity contribution is 6.29. The summed E-state index contributed by atoms with van der Waals surface area (Å²) in [5.41, 5.74) is 1.04. The largest absolute Gasteiger partial charge is 0.497 e. The fourth-order valence-corrected chi connectivity index (χ4v) is 3.28. The molecule has 2 aliphatic rings. The number of carbonyl (C=O) groups is 1. The van der Waals surface area contributed by atoms with Crippen LogP contribution in [0.5, 0.6) is 5.75 Å². The Balaban J connectivity index is 1.72. The standard InChI is InChI=1S/C17H22ClN3O2/c1-23-14-7-5-13(6-8-14)11-21-12-15(18)19-16(17(21)22)20-9-3-2-4-10-20/h5-8,12,16,19H,2-4,9-11H2,1H3. The van der Waals surface area contributed by atoms with Gasteiger partial charge in [0.1, 0.15) is 10.9 Å². The highest BCUT2D eigenvalue weighted by atomic mass is 35.5. The number of amides is 1. The number of piperidine rings is 1. The predicted octanol–water partition coefficient (Wildman–Crippen LogP) is 2.48. The summed E-state index contributed by atoms with van der Waals surface area (Å²) in [7, 11) is 1.64. The average Bonchev–Trinajstić information content (AvgIpc) is 2.59. The maximum absolute atomic E-state index is 12.8. The lowest BCUT2D eigenvalue weighted by molar-refractivity contribution is -0.137. The molecule has 1 unspecified atom stereocenters. The van der Waals surface area contributed by atoms with Crippen molar-refractivity contribution in [2.45, 2.75) is 32.0 Å². The van der Waals surface area contributed by atoms with Crippen LogP contribution < -0.4 is 10.1 Å². The zero-order valence-corrected chi connectivity index (χ0v) is 14.1. The van der Waals surface area contributed by atoms with Gasteiger partial charge in [0.2, 0.25) is 0 Å². The molecule has 0 aliphatic carbocycles. The van der Waals surface area contributed by atoms with Gasteiger partial charge in [-0.1, -0.05) is 30.2 Å². The molecule has 1 aromatic rings. The maximum Gasteiger partial charge on any atom is 0.264 e. The number of ether oxygens (including phenoxy) is 1. The van der Waals surface area contributed by atoms with Gasteiger partial charge in [0.05, 0.1) is 13.7 Å². The monoisotopic (exact) mass is 335 g/mol. The molecule has 1 atom stereocenters. The number of benzene rings is 1. The Hall–Kier alpha value is -1.72. The number of carbonyl (C=O) groups excluding carboxylic acids is 1. The van der Waals surface area contributed by atoms with Gasteiger partial charge in [-0.05, 0) is 30.5 Å². The lowest BCUT2D eigenvalue weighted by atomic mass is 10.1. The molecule has 1 saturated heterocycles. The molecule has 0 bridgehead atoms. The summed E-state index contributed by atoms with van der Waals surface area (Å²) in [6.45, 7) is 2.37. The second-order valence-corrected chi connectivity index (χ2v) is 6.34. The molecule has 0 spiro atoms. The molecular weight excluding hydrogens is 314 g/mol. The van der Waals surface area contributed by atoms with Gasteiger partial charge in [0.15, 0.2) is 6.17 Å². The first-order valence-corrected chi connectivity index (χ1v) is 8.36. The second-order valence-electron chi connectivity index (χ2n) is 5.93. The van der Waals surface area contributed by atoms with Crippen LogP contribution in [0, 0.1) is 0 Å². The number of nitrogens with zero attached hydrogens (tertiary/aromatic N) is 2. The first kappa shape index (κ1) is 16.1. The zero-order valence-electron chi connectivity index (χ0n) is 13.3. The molecule has 124 valence electrons. The van der Waals surface area contributed by atoms with Crippen molar-refractivity contribution < 1.29 is 9.53 Å². The van der Waals surface area contributed by atoms with E-state index in [0.717, 1.165) is 37.2 Å². The summed E-state index contributed by atoms with van der Waals surface area (Å²) in [6.07, 6.45) is 4.81. The van der Waals surface area contributed by atoms with Crippen molar-refractivity contribution in [3.05, 3.63) is 41.2 Å². The van der Waals surface area contributed by atoms with Crippen molar-refractivity contribution in [2.24, 2.45) is 0 Å². The Morgan fingerprint density at radius 3 is 2.57 bits per heavy atom. The molecular formula is C17H22ClN3O2. The molecule has 1 N–H and O–H groups in total. The molecule has 0 radical (unpaired) electrons. The van der Waals surface area contributed by atoms with Gasteiger partial charge in [0, 0.05) is 19.3 Å². The number of rotatable bonds is 4. The van der Waals surface area contributed by atoms with Crippen LogP contribution in [0.3, 0.4) is 0 Å². The lowest BCUT2D eigenvalue weighted by Gasteiger charge is -2.39. The predicted molar refractivity (Wildman–Crippen MR) is 89.8 cm³/mol. The van der Waals surface area contributed by atoms with Crippen LogP contribution in [0.4, 0.5) is 0 Å². The number of hydrogen-bond acceptors (Lipinski definition) is 4. The third kappa shape index (κ3) is 3.79. The van der Waals surface area contributed by atoms with E-state index in [-0.39, 0.29) is 12.1 Å². The second kappa shape index (κ2) is 7.23. The highest BCUT2D eigenvalue weighted by Crippen LogP contribution is 2.21. The van der Waals surface area contributed by atoms with Crippen LogP contribution in [0.25, 0.3) is 0 Å². The van der Waals surface area contributed by atoms with E-state index in [1.807, 2.05) is 24.3 Å². The van der Waals surface area contributed by atoms with E-state index >= 15 is 0 Å². The average molecular weight is 336 g/mol.